The molecule has 1 atom stereocenters. The van der Waals surface area contributed by atoms with Crippen molar-refractivity contribution >= 4 is 43.7 Å². The molecule has 0 spiro atoms. The number of ether oxygens (including phenoxy) is 1. The van der Waals surface area contributed by atoms with Gasteiger partial charge in [0.25, 0.3) is 0 Å². The Morgan fingerprint density at radius 3 is 2.52 bits per heavy atom. The molecule has 2 aliphatic rings. The number of rotatable bonds is 8. The smallest absolute Gasteiger partial charge is 0.309 e. The lowest BCUT2D eigenvalue weighted by Crippen LogP contribution is -2.47. The van der Waals surface area contributed by atoms with Gasteiger partial charge in [-0.1, -0.05) is 15.9 Å². The van der Waals surface area contributed by atoms with Crippen LogP contribution in [0, 0.1) is 0 Å². The van der Waals surface area contributed by atoms with Crippen LogP contribution in [0.15, 0.2) is 33.6 Å². The summed E-state index contributed by atoms with van der Waals surface area (Å²) in [6.07, 6.45) is 1.07. The summed E-state index contributed by atoms with van der Waals surface area (Å²) < 4.78 is 33.1. The Morgan fingerprint density at radius 2 is 1.84 bits per heavy atom. The number of sulfonamides is 1. The lowest BCUT2D eigenvalue weighted by Gasteiger charge is -2.22. The summed E-state index contributed by atoms with van der Waals surface area (Å²) in [5.74, 6) is -1.56. The number of carbonyl (C=O) groups excluding carboxylic acids is 3. The van der Waals surface area contributed by atoms with Crippen LogP contribution >= 0.6 is 15.9 Å². The molecular weight excluding hydrogens is 492 g/mol. The van der Waals surface area contributed by atoms with Crippen molar-refractivity contribution in [2.24, 2.45) is 0 Å². The summed E-state index contributed by atoms with van der Waals surface area (Å²) in [7, 11) is -3.80. The summed E-state index contributed by atoms with van der Waals surface area (Å²) in [4.78, 5) is 37.4. The SMILES string of the molecule is O=C(NCCCN1CCCC1=O)C(=O)NC[C@H]1OCCN1S(=O)(=O)c1ccc(Br)cc1. The van der Waals surface area contributed by atoms with Crippen molar-refractivity contribution in [2.75, 3.05) is 39.3 Å². The minimum Gasteiger partial charge on any atom is -0.359 e. The van der Waals surface area contributed by atoms with E-state index < -0.39 is 28.1 Å². The van der Waals surface area contributed by atoms with E-state index >= 15 is 0 Å². The molecule has 2 aliphatic heterocycles. The standard InChI is InChI=1S/C19H25BrN4O6S/c20-14-4-6-15(7-5-14)31(28,29)24-11-12-30-17(24)13-22-19(27)18(26)21-8-2-10-23-9-1-3-16(23)25/h4-7,17H,1-3,8-13H2,(H,21,26)(H,22,27)/t17-/m1/s1. The quantitative estimate of drug-likeness (QED) is 0.371. The Bertz CT molecular complexity index is 924. The van der Waals surface area contributed by atoms with Crippen LogP contribution in [0.1, 0.15) is 19.3 Å². The second-order valence-electron chi connectivity index (χ2n) is 7.20. The van der Waals surface area contributed by atoms with Gasteiger partial charge in [-0.05, 0) is 37.1 Å². The third-order valence-corrected chi connectivity index (χ3v) is 7.50. The summed E-state index contributed by atoms with van der Waals surface area (Å²) in [6.45, 7) is 1.73. The molecule has 0 unspecified atom stereocenters. The van der Waals surface area contributed by atoms with Gasteiger partial charge in [0.15, 0.2) is 0 Å². The molecule has 2 fully saturated rings. The minimum atomic E-state index is -3.80. The monoisotopic (exact) mass is 516 g/mol. The van der Waals surface area contributed by atoms with E-state index in [0.29, 0.717) is 19.4 Å². The Morgan fingerprint density at radius 1 is 1.13 bits per heavy atom. The van der Waals surface area contributed by atoms with Gasteiger partial charge in [-0.15, -0.1) is 0 Å². The van der Waals surface area contributed by atoms with Gasteiger partial charge in [0.1, 0.15) is 6.23 Å². The highest BCUT2D eigenvalue weighted by Crippen LogP contribution is 2.23. The molecular formula is C19H25BrN4O6S. The molecule has 3 rings (SSSR count). The largest absolute Gasteiger partial charge is 0.359 e. The Hall–Kier alpha value is -2.02. The normalized spacial score (nSPS) is 19.6. The Kier molecular flexibility index (Phi) is 8.03. The molecule has 170 valence electrons. The highest BCUT2D eigenvalue weighted by Gasteiger charge is 2.36. The first-order chi connectivity index (χ1) is 14.8. The fourth-order valence-corrected chi connectivity index (χ4v) is 5.21. The number of nitrogens with one attached hydrogen (secondary N) is 2. The van der Waals surface area contributed by atoms with Gasteiger partial charge in [-0.3, -0.25) is 14.4 Å². The third-order valence-electron chi connectivity index (χ3n) is 5.07. The van der Waals surface area contributed by atoms with Crippen LogP contribution in [0.4, 0.5) is 0 Å². The molecule has 1 aromatic rings. The second-order valence-corrected chi connectivity index (χ2v) is 10.0. The summed E-state index contributed by atoms with van der Waals surface area (Å²) in [6, 6.07) is 6.22. The minimum absolute atomic E-state index is 0.114. The van der Waals surface area contributed by atoms with Gasteiger partial charge >= 0.3 is 11.8 Å². The van der Waals surface area contributed by atoms with Gasteiger partial charge < -0.3 is 20.3 Å². The van der Waals surface area contributed by atoms with Crippen molar-refractivity contribution in [1.29, 1.82) is 0 Å². The van der Waals surface area contributed by atoms with E-state index in [2.05, 4.69) is 26.6 Å². The predicted octanol–water partition coefficient (Wildman–Crippen LogP) is 0.0410. The second kappa shape index (κ2) is 10.5. The van der Waals surface area contributed by atoms with Gasteiger partial charge in [-0.25, -0.2) is 8.42 Å². The molecule has 10 nitrogen and oxygen atoms in total. The van der Waals surface area contributed by atoms with Gasteiger partial charge in [0.05, 0.1) is 18.0 Å². The topological polar surface area (TPSA) is 125 Å². The molecule has 2 heterocycles. The number of hydrogen-bond donors (Lipinski definition) is 2. The molecule has 3 amide bonds. The van der Waals surface area contributed by atoms with E-state index in [4.69, 9.17) is 4.74 Å². The van der Waals surface area contributed by atoms with Crippen LogP contribution in [0.2, 0.25) is 0 Å². The third kappa shape index (κ3) is 6.03. The first-order valence-corrected chi connectivity index (χ1v) is 12.2. The maximum absolute atomic E-state index is 12.9. The first-order valence-electron chi connectivity index (χ1n) is 10.0. The van der Waals surface area contributed by atoms with E-state index in [1.807, 2.05) is 0 Å². The Balaban J connectivity index is 1.44. The number of hydrogen-bond acceptors (Lipinski definition) is 6. The van der Waals surface area contributed by atoms with Crippen LogP contribution in [0.5, 0.6) is 0 Å². The van der Waals surface area contributed by atoms with Crippen LogP contribution in [0.25, 0.3) is 0 Å². The van der Waals surface area contributed by atoms with E-state index in [1.165, 1.54) is 16.4 Å². The van der Waals surface area contributed by atoms with Gasteiger partial charge in [0.2, 0.25) is 15.9 Å². The molecule has 0 bridgehead atoms. The van der Waals surface area contributed by atoms with Crippen molar-refractivity contribution in [3.05, 3.63) is 28.7 Å². The number of halogens is 1. The lowest BCUT2D eigenvalue weighted by molar-refractivity contribution is -0.139. The maximum atomic E-state index is 12.9. The summed E-state index contributed by atoms with van der Waals surface area (Å²) in [5, 5.41) is 4.93. The van der Waals surface area contributed by atoms with Crippen LogP contribution in [-0.4, -0.2) is 80.9 Å². The summed E-state index contributed by atoms with van der Waals surface area (Å²) in [5.41, 5.74) is 0. The zero-order chi connectivity index (χ0) is 22.4. The molecule has 0 saturated carbocycles. The molecule has 12 heteroatoms. The van der Waals surface area contributed by atoms with Crippen molar-refractivity contribution in [3.8, 4) is 0 Å². The van der Waals surface area contributed by atoms with Crippen molar-refractivity contribution in [3.63, 3.8) is 0 Å². The van der Waals surface area contributed by atoms with Crippen molar-refractivity contribution < 1.29 is 27.5 Å². The van der Waals surface area contributed by atoms with Crippen LogP contribution in [0.3, 0.4) is 0 Å². The summed E-state index contributed by atoms with van der Waals surface area (Å²) >= 11 is 3.27. The van der Waals surface area contributed by atoms with Crippen LogP contribution in [-0.2, 0) is 29.1 Å². The number of carbonyl (C=O) groups is 3. The maximum Gasteiger partial charge on any atom is 0.309 e. The number of benzene rings is 1. The van der Waals surface area contributed by atoms with Gasteiger partial charge in [-0.2, -0.15) is 4.31 Å². The van der Waals surface area contributed by atoms with E-state index in [0.717, 1.165) is 17.4 Å². The van der Waals surface area contributed by atoms with E-state index in [9.17, 15) is 22.8 Å². The first kappa shape index (κ1) is 23.6. The zero-order valence-electron chi connectivity index (χ0n) is 16.9. The number of nitrogens with zero attached hydrogens (tertiary/aromatic N) is 2. The highest BCUT2D eigenvalue weighted by molar-refractivity contribution is 9.10. The molecule has 2 saturated heterocycles. The molecule has 0 aliphatic carbocycles. The van der Waals surface area contributed by atoms with Gasteiger partial charge in [0, 0.05) is 37.1 Å². The zero-order valence-corrected chi connectivity index (χ0v) is 19.3. The fraction of sp³-hybridized carbons (Fsp3) is 0.526. The highest BCUT2D eigenvalue weighted by atomic mass is 79.9. The van der Waals surface area contributed by atoms with E-state index in [-0.39, 0.29) is 37.0 Å². The number of amides is 3. The van der Waals surface area contributed by atoms with Crippen LogP contribution < -0.4 is 10.6 Å². The Labute approximate surface area is 189 Å². The van der Waals surface area contributed by atoms with E-state index in [1.54, 1.807) is 17.0 Å². The molecule has 2 N–H and O–H groups in total. The predicted molar refractivity (Wildman–Crippen MR) is 114 cm³/mol. The fourth-order valence-electron chi connectivity index (χ4n) is 3.44. The molecule has 1 aromatic carbocycles. The van der Waals surface area contributed by atoms with Crippen molar-refractivity contribution in [2.45, 2.75) is 30.4 Å². The lowest BCUT2D eigenvalue weighted by atomic mass is 10.3. The molecule has 31 heavy (non-hydrogen) atoms. The average Bonchev–Trinajstić information content (AvgIpc) is 3.38. The van der Waals surface area contributed by atoms with Crippen molar-refractivity contribution in [1.82, 2.24) is 19.8 Å². The molecule has 0 radical (unpaired) electrons. The average molecular weight is 517 g/mol. The number of likely N-dealkylation sites (tertiary alicyclic amines) is 1. The molecule has 0 aromatic heterocycles.